The summed E-state index contributed by atoms with van der Waals surface area (Å²) in [5.41, 5.74) is 0.283. The predicted octanol–water partition coefficient (Wildman–Crippen LogP) is 0.0699. The SMILES string of the molecule is CNc1nc[nH]c1C(=O)N(C)C(C)=O. The third-order valence-corrected chi connectivity index (χ3v) is 1.87. The van der Waals surface area contributed by atoms with Gasteiger partial charge in [-0.3, -0.25) is 14.5 Å². The molecule has 0 aliphatic rings. The Morgan fingerprint density at radius 3 is 2.71 bits per heavy atom. The molecule has 1 aromatic heterocycles. The number of carbonyl (C=O) groups excluding carboxylic acids is 2. The van der Waals surface area contributed by atoms with E-state index in [0.717, 1.165) is 4.90 Å². The second-order valence-electron chi connectivity index (χ2n) is 2.76. The lowest BCUT2D eigenvalue weighted by molar-refractivity contribution is -0.125. The van der Waals surface area contributed by atoms with E-state index >= 15 is 0 Å². The van der Waals surface area contributed by atoms with Crippen molar-refractivity contribution in [2.75, 3.05) is 19.4 Å². The van der Waals surface area contributed by atoms with Gasteiger partial charge in [-0.25, -0.2) is 4.98 Å². The first-order valence-corrected chi connectivity index (χ1v) is 4.07. The van der Waals surface area contributed by atoms with E-state index in [2.05, 4.69) is 15.3 Å². The van der Waals surface area contributed by atoms with Gasteiger partial charge < -0.3 is 10.3 Å². The molecule has 1 rings (SSSR count). The normalized spacial score (nSPS) is 9.64. The van der Waals surface area contributed by atoms with Gasteiger partial charge in [0.05, 0.1) is 6.33 Å². The van der Waals surface area contributed by atoms with Gasteiger partial charge >= 0.3 is 0 Å². The summed E-state index contributed by atoms with van der Waals surface area (Å²) in [5.74, 6) is -0.283. The molecule has 0 spiro atoms. The molecule has 1 aromatic rings. The summed E-state index contributed by atoms with van der Waals surface area (Å²) in [7, 11) is 3.08. The number of nitrogens with one attached hydrogen (secondary N) is 2. The number of rotatable bonds is 2. The van der Waals surface area contributed by atoms with Gasteiger partial charge in [-0.15, -0.1) is 0 Å². The molecule has 0 saturated heterocycles. The Bertz CT molecular complexity index is 358. The second-order valence-corrected chi connectivity index (χ2v) is 2.76. The van der Waals surface area contributed by atoms with Crippen LogP contribution in [0.25, 0.3) is 0 Å². The van der Waals surface area contributed by atoms with Crippen molar-refractivity contribution in [2.24, 2.45) is 0 Å². The smallest absolute Gasteiger partial charge is 0.280 e. The van der Waals surface area contributed by atoms with E-state index in [-0.39, 0.29) is 11.6 Å². The topological polar surface area (TPSA) is 78.1 Å². The summed E-state index contributed by atoms with van der Waals surface area (Å²) in [6.07, 6.45) is 1.40. The van der Waals surface area contributed by atoms with Crippen LogP contribution in [0.5, 0.6) is 0 Å². The Labute approximate surface area is 81.3 Å². The maximum Gasteiger partial charge on any atom is 0.280 e. The van der Waals surface area contributed by atoms with Gasteiger partial charge in [0.15, 0.2) is 5.82 Å². The monoisotopic (exact) mass is 196 g/mol. The molecule has 2 N–H and O–H groups in total. The number of nitrogens with zero attached hydrogens (tertiary/aromatic N) is 2. The van der Waals surface area contributed by atoms with Crippen molar-refractivity contribution >= 4 is 17.6 Å². The van der Waals surface area contributed by atoms with Crippen LogP contribution in [-0.2, 0) is 4.79 Å². The maximum atomic E-state index is 11.6. The first kappa shape index (κ1) is 10.2. The van der Waals surface area contributed by atoms with E-state index in [4.69, 9.17) is 0 Å². The zero-order chi connectivity index (χ0) is 10.7. The summed E-state index contributed by atoms with van der Waals surface area (Å²) in [4.78, 5) is 30.1. The van der Waals surface area contributed by atoms with Crippen molar-refractivity contribution in [3.63, 3.8) is 0 Å². The fourth-order valence-electron chi connectivity index (χ4n) is 0.958. The summed E-state index contributed by atoms with van der Waals surface area (Å²) >= 11 is 0. The van der Waals surface area contributed by atoms with Crippen LogP contribution in [0.3, 0.4) is 0 Å². The quantitative estimate of drug-likeness (QED) is 0.701. The van der Waals surface area contributed by atoms with Gasteiger partial charge in [0, 0.05) is 21.0 Å². The van der Waals surface area contributed by atoms with Crippen molar-refractivity contribution in [1.82, 2.24) is 14.9 Å². The van der Waals surface area contributed by atoms with E-state index < -0.39 is 5.91 Å². The van der Waals surface area contributed by atoms with E-state index in [1.807, 2.05) is 0 Å². The van der Waals surface area contributed by atoms with E-state index in [0.29, 0.717) is 5.82 Å². The summed E-state index contributed by atoms with van der Waals surface area (Å²) in [6, 6.07) is 0. The molecule has 0 atom stereocenters. The van der Waals surface area contributed by atoms with Crippen molar-refractivity contribution in [3.05, 3.63) is 12.0 Å². The van der Waals surface area contributed by atoms with Gasteiger partial charge in [0.25, 0.3) is 5.91 Å². The zero-order valence-corrected chi connectivity index (χ0v) is 8.29. The van der Waals surface area contributed by atoms with Gasteiger partial charge in [-0.1, -0.05) is 0 Å². The predicted molar refractivity (Wildman–Crippen MR) is 50.9 cm³/mol. The molecule has 0 fully saturated rings. The average Bonchev–Trinajstić information content (AvgIpc) is 2.62. The number of imide groups is 1. The van der Waals surface area contributed by atoms with Crippen molar-refractivity contribution in [2.45, 2.75) is 6.92 Å². The minimum Gasteiger partial charge on any atom is -0.371 e. The Balaban J connectivity index is 2.94. The number of aromatic nitrogens is 2. The van der Waals surface area contributed by atoms with Gasteiger partial charge in [0.2, 0.25) is 5.91 Å². The molecule has 2 amide bonds. The summed E-state index contributed by atoms with van der Waals surface area (Å²) in [5, 5.41) is 2.75. The molecule has 0 aliphatic carbocycles. The molecule has 0 bridgehead atoms. The largest absolute Gasteiger partial charge is 0.371 e. The summed E-state index contributed by atoms with van der Waals surface area (Å²) < 4.78 is 0. The number of amides is 2. The fourth-order valence-corrected chi connectivity index (χ4v) is 0.958. The van der Waals surface area contributed by atoms with Crippen molar-refractivity contribution < 1.29 is 9.59 Å². The van der Waals surface area contributed by atoms with Crippen LogP contribution in [0.4, 0.5) is 5.82 Å². The Kier molecular flexibility index (Phi) is 2.85. The van der Waals surface area contributed by atoms with Crippen LogP contribution in [0.2, 0.25) is 0 Å². The third-order valence-electron chi connectivity index (χ3n) is 1.87. The summed E-state index contributed by atoms with van der Waals surface area (Å²) in [6.45, 7) is 1.33. The van der Waals surface area contributed by atoms with Crippen LogP contribution in [0.15, 0.2) is 6.33 Å². The molecule has 1 heterocycles. The average molecular weight is 196 g/mol. The number of imidazole rings is 1. The van der Waals surface area contributed by atoms with Crippen LogP contribution in [0, 0.1) is 0 Å². The molecular weight excluding hydrogens is 184 g/mol. The number of aromatic amines is 1. The Morgan fingerprint density at radius 2 is 2.21 bits per heavy atom. The van der Waals surface area contributed by atoms with Gasteiger partial charge in [0.1, 0.15) is 5.69 Å². The van der Waals surface area contributed by atoms with E-state index in [1.165, 1.54) is 20.3 Å². The Hall–Kier alpha value is -1.85. The Morgan fingerprint density at radius 1 is 1.57 bits per heavy atom. The van der Waals surface area contributed by atoms with E-state index in [9.17, 15) is 9.59 Å². The van der Waals surface area contributed by atoms with Crippen LogP contribution in [-0.4, -0.2) is 40.8 Å². The highest BCUT2D eigenvalue weighted by Crippen LogP contribution is 2.10. The lowest BCUT2D eigenvalue weighted by atomic mass is 10.3. The highest BCUT2D eigenvalue weighted by Gasteiger charge is 2.19. The van der Waals surface area contributed by atoms with Crippen molar-refractivity contribution in [1.29, 1.82) is 0 Å². The van der Waals surface area contributed by atoms with Crippen LogP contribution >= 0.6 is 0 Å². The van der Waals surface area contributed by atoms with Crippen LogP contribution < -0.4 is 5.32 Å². The molecule has 6 nitrogen and oxygen atoms in total. The molecular formula is C8H12N4O2. The minimum absolute atomic E-state index is 0.283. The molecule has 76 valence electrons. The highest BCUT2D eigenvalue weighted by atomic mass is 16.2. The molecule has 14 heavy (non-hydrogen) atoms. The lowest BCUT2D eigenvalue weighted by Gasteiger charge is -2.11. The first-order valence-electron chi connectivity index (χ1n) is 4.07. The standard InChI is InChI=1S/C8H12N4O2/c1-5(13)12(3)8(14)6-7(9-2)11-4-10-6/h4,9H,1-3H3,(H,10,11). The number of carbonyl (C=O) groups is 2. The second kappa shape index (κ2) is 3.91. The third kappa shape index (κ3) is 1.73. The minimum atomic E-state index is -0.403. The van der Waals surface area contributed by atoms with Gasteiger partial charge in [-0.2, -0.15) is 0 Å². The molecule has 0 aromatic carbocycles. The molecule has 0 radical (unpaired) electrons. The van der Waals surface area contributed by atoms with Crippen molar-refractivity contribution in [3.8, 4) is 0 Å². The first-order chi connectivity index (χ1) is 6.57. The fraction of sp³-hybridized carbons (Fsp3) is 0.375. The molecule has 0 aliphatic heterocycles. The number of hydrogen-bond donors (Lipinski definition) is 2. The maximum absolute atomic E-state index is 11.6. The molecule has 0 unspecified atom stereocenters. The number of hydrogen-bond acceptors (Lipinski definition) is 4. The lowest BCUT2D eigenvalue weighted by Crippen LogP contribution is -2.31. The van der Waals surface area contributed by atoms with E-state index in [1.54, 1.807) is 7.05 Å². The van der Waals surface area contributed by atoms with Gasteiger partial charge in [-0.05, 0) is 0 Å². The number of anilines is 1. The molecule has 0 saturated carbocycles. The number of H-pyrrole nitrogens is 1. The highest BCUT2D eigenvalue weighted by molar-refractivity contribution is 6.05. The molecule has 6 heteroatoms. The van der Waals surface area contributed by atoms with Crippen LogP contribution in [0.1, 0.15) is 17.4 Å². The zero-order valence-electron chi connectivity index (χ0n) is 8.29.